The first kappa shape index (κ1) is 22.7. The first-order chi connectivity index (χ1) is 13.7. The summed E-state index contributed by atoms with van der Waals surface area (Å²) >= 11 is 0. The molecule has 0 aromatic heterocycles. The second-order valence-corrected chi connectivity index (χ2v) is 6.87. The van der Waals surface area contributed by atoms with Crippen LogP contribution in [0.2, 0.25) is 0 Å². The minimum atomic E-state index is -0.204. The molecule has 0 saturated carbocycles. The number of Topliss-reactive ketones (excluding diaryl/α,β-unsaturated/α-hetero) is 1. The maximum absolute atomic E-state index is 12.4. The maximum atomic E-state index is 12.4. The van der Waals surface area contributed by atoms with Crippen molar-refractivity contribution in [1.82, 2.24) is 10.6 Å². The summed E-state index contributed by atoms with van der Waals surface area (Å²) in [6.45, 7) is 2.23. The smallest absolute Gasteiger partial charge is 0.319 e. The molecule has 156 valence electrons. The molecule has 1 aliphatic heterocycles. The first-order valence-corrected chi connectivity index (χ1v) is 9.71. The number of fused-ring (bicyclic) bond motifs is 1. The molecule has 0 spiro atoms. The van der Waals surface area contributed by atoms with Crippen molar-refractivity contribution in [2.45, 2.75) is 32.2 Å². The molecule has 0 aliphatic carbocycles. The Bertz CT molecular complexity index is 842. The van der Waals surface area contributed by atoms with Gasteiger partial charge in [0.1, 0.15) is 5.75 Å². The topological polar surface area (TPSA) is 79.5 Å². The summed E-state index contributed by atoms with van der Waals surface area (Å²) in [5.41, 5.74) is 3.63. The number of nitrogens with one attached hydrogen (secondary N) is 3. The van der Waals surface area contributed by atoms with Crippen LogP contribution in [0, 0.1) is 0 Å². The van der Waals surface area contributed by atoms with Gasteiger partial charge >= 0.3 is 6.03 Å². The highest BCUT2D eigenvalue weighted by Crippen LogP contribution is 2.21. The van der Waals surface area contributed by atoms with Crippen molar-refractivity contribution in [1.29, 1.82) is 0 Å². The number of hydrogen-bond acceptors (Lipinski definition) is 4. The van der Waals surface area contributed by atoms with E-state index in [0.29, 0.717) is 18.5 Å². The Balaban J connectivity index is 0.00000300. The molecule has 0 bridgehead atoms. The van der Waals surface area contributed by atoms with Gasteiger partial charge in [-0.1, -0.05) is 18.2 Å². The minimum Gasteiger partial charge on any atom is -0.496 e. The van der Waals surface area contributed by atoms with Gasteiger partial charge in [-0.25, -0.2) is 4.79 Å². The highest BCUT2D eigenvalue weighted by Gasteiger charge is 2.15. The highest BCUT2D eigenvalue weighted by molar-refractivity contribution is 5.98. The molecule has 0 saturated heterocycles. The second-order valence-electron chi connectivity index (χ2n) is 6.87. The van der Waals surface area contributed by atoms with Crippen LogP contribution in [0.4, 0.5) is 10.5 Å². The van der Waals surface area contributed by atoms with Gasteiger partial charge in [0, 0.05) is 24.2 Å². The predicted octanol–water partition coefficient (Wildman–Crippen LogP) is 3.94. The molecule has 3 N–H and O–H groups in total. The van der Waals surface area contributed by atoms with Crippen molar-refractivity contribution < 1.29 is 14.3 Å². The van der Waals surface area contributed by atoms with Crippen LogP contribution in [0.15, 0.2) is 42.5 Å². The lowest BCUT2D eigenvalue weighted by Gasteiger charge is -2.18. The molecule has 1 heterocycles. The number of ketones is 1. The van der Waals surface area contributed by atoms with Crippen LogP contribution in [0.25, 0.3) is 0 Å². The third kappa shape index (κ3) is 6.48. The number of benzene rings is 2. The Kier molecular flexibility index (Phi) is 8.96. The van der Waals surface area contributed by atoms with E-state index in [1.165, 1.54) is 5.56 Å². The SMILES string of the molecule is COc1ccccc1CCNCCCCC(=O)c1ccc2c(c1)CNC(=O)N2.Cl. The molecular weight excluding hydrogens is 390 g/mol. The van der Waals surface area contributed by atoms with Gasteiger partial charge in [0.25, 0.3) is 0 Å². The Labute approximate surface area is 177 Å². The molecule has 29 heavy (non-hydrogen) atoms. The van der Waals surface area contributed by atoms with Crippen molar-refractivity contribution in [2.75, 3.05) is 25.5 Å². The van der Waals surface area contributed by atoms with Crippen molar-refractivity contribution >= 4 is 29.9 Å². The van der Waals surface area contributed by atoms with Gasteiger partial charge in [0.2, 0.25) is 0 Å². The summed E-state index contributed by atoms with van der Waals surface area (Å²) < 4.78 is 5.36. The van der Waals surface area contributed by atoms with Gasteiger partial charge in [-0.2, -0.15) is 0 Å². The number of halogens is 1. The molecule has 1 aliphatic rings. The molecule has 7 heteroatoms. The number of methoxy groups -OCH3 is 1. The Morgan fingerprint density at radius 2 is 1.97 bits per heavy atom. The standard InChI is InChI=1S/C22H27N3O3.ClH/c1-28-21-8-3-2-6-16(21)11-13-23-12-5-4-7-20(26)17-9-10-19-18(14-17)15-24-22(27)25-19;/h2-3,6,8-10,14,23H,4-5,7,11-13,15H2,1H3,(H2,24,25,27);1H. The summed E-state index contributed by atoms with van der Waals surface area (Å²) in [6.07, 6.45) is 3.27. The molecule has 2 aromatic carbocycles. The van der Waals surface area contributed by atoms with Crippen LogP contribution < -0.4 is 20.7 Å². The van der Waals surface area contributed by atoms with Crippen molar-refractivity contribution in [3.63, 3.8) is 0 Å². The molecule has 6 nitrogen and oxygen atoms in total. The van der Waals surface area contributed by atoms with Crippen LogP contribution in [-0.4, -0.2) is 32.0 Å². The predicted molar refractivity (Wildman–Crippen MR) is 117 cm³/mol. The number of carbonyl (C=O) groups is 2. The molecular formula is C22H28ClN3O3. The number of amides is 2. The fraction of sp³-hybridized carbons (Fsp3) is 0.364. The summed E-state index contributed by atoms with van der Waals surface area (Å²) in [6, 6.07) is 13.3. The number of rotatable bonds is 10. The third-order valence-corrected chi connectivity index (χ3v) is 4.89. The number of hydrogen-bond donors (Lipinski definition) is 3. The van der Waals surface area contributed by atoms with E-state index >= 15 is 0 Å². The van der Waals surface area contributed by atoms with Gasteiger partial charge < -0.3 is 20.7 Å². The summed E-state index contributed by atoms with van der Waals surface area (Å²) in [5, 5.41) is 8.89. The normalized spacial score (nSPS) is 12.2. The van der Waals surface area contributed by atoms with E-state index in [4.69, 9.17) is 4.74 Å². The quantitative estimate of drug-likeness (QED) is 0.404. The lowest BCUT2D eigenvalue weighted by Crippen LogP contribution is -2.33. The molecule has 3 rings (SSSR count). The number of carbonyl (C=O) groups excluding carboxylic acids is 2. The van der Waals surface area contributed by atoms with Gasteiger partial charge in [-0.05, 0) is 67.7 Å². The number of ether oxygens (including phenoxy) is 1. The number of anilines is 1. The summed E-state index contributed by atoms with van der Waals surface area (Å²) in [4.78, 5) is 23.7. The maximum Gasteiger partial charge on any atom is 0.319 e. The highest BCUT2D eigenvalue weighted by atomic mass is 35.5. The van der Waals surface area contributed by atoms with Crippen molar-refractivity contribution in [2.24, 2.45) is 0 Å². The lowest BCUT2D eigenvalue weighted by molar-refractivity contribution is 0.0979. The Hall–Kier alpha value is -2.57. The van der Waals surface area contributed by atoms with E-state index in [0.717, 1.165) is 49.4 Å². The number of unbranched alkanes of at least 4 members (excludes halogenated alkanes) is 1. The zero-order chi connectivity index (χ0) is 19.8. The second kappa shape index (κ2) is 11.4. The van der Waals surface area contributed by atoms with Crippen LogP contribution in [0.1, 0.15) is 40.7 Å². The van der Waals surface area contributed by atoms with Crippen molar-refractivity contribution in [3.8, 4) is 5.75 Å². The van der Waals surface area contributed by atoms with Gasteiger partial charge in [-0.3, -0.25) is 4.79 Å². The molecule has 0 fully saturated rings. The minimum absolute atomic E-state index is 0. The van der Waals surface area contributed by atoms with Crippen molar-refractivity contribution in [3.05, 3.63) is 59.2 Å². The van der Waals surface area contributed by atoms with E-state index < -0.39 is 0 Å². The lowest BCUT2D eigenvalue weighted by atomic mass is 10.0. The zero-order valence-corrected chi connectivity index (χ0v) is 17.4. The molecule has 2 amide bonds. The monoisotopic (exact) mass is 417 g/mol. The van der Waals surface area contributed by atoms with Crippen LogP contribution in [0.3, 0.4) is 0 Å². The largest absolute Gasteiger partial charge is 0.496 e. The average molecular weight is 418 g/mol. The fourth-order valence-corrected chi connectivity index (χ4v) is 3.31. The molecule has 2 aromatic rings. The molecule has 0 unspecified atom stereocenters. The van der Waals surface area contributed by atoms with Gasteiger partial charge in [-0.15, -0.1) is 12.4 Å². The number of urea groups is 1. The summed E-state index contributed by atoms with van der Waals surface area (Å²) in [5.74, 6) is 1.07. The zero-order valence-electron chi connectivity index (χ0n) is 16.6. The Morgan fingerprint density at radius 3 is 2.79 bits per heavy atom. The van der Waals surface area contributed by atoms with E-state index in [-0.39, 0.29) is 24.2 Å². The van der Waals surface area contributed by atoms with E-state index in [1.54, 1.807) is 19.2 Å². The van der Waals surface area contributed by atoms with E-state index in [1.807, 2.05) is 24.3 Å². The Morgan fingerprint density at radius 1 is 1.14 bits per heavy atom. The average Bonchev–Trinajstić information content (AvgIpc) is 2.72. The van der Waals surface area contributed by atoms with Crippen LogP contribution in [-0.2, 0) is 13.0 Å². The number of para-hydroxylation sites is 1. The van der Waals surface area contributed by atoms with E-state index in [2.05, 4.69) is 22.0 Å². The first-order valence-electron chi connectivity index (χ1n) is 9.71. The molecule has 0 atom stereocenters. The van der Waals surface area contributed by atoms with Gasteiger partial charge in [0.05, 0.1) is 7.11 Å². The van der Waals surface area contributed by atoms with Crippen LogP contribution in [0.5, 0.6) is 5.75 Å². The summed E-state index contributed by atoms with van der Waals surface area (Å²) in [7, 11) is 1.69. The molecule has 0 radical (unpaired) electrons. The van der Waals surface area contributed by atoms with E-state index in [9.17, 15) is 9.59 Å². The third-order valence-electron chi connectivity index (χ3n) is 4.89. The fourth-order valence-electron chi connectivity index (χ4n) is 3.31. The van der Waals surface area contributed by atoms with Gasteiger partial charge in [0.15, 0.2) is 5.78 Å². The van der Waals surface area contributed by atoms with Crippen LogP contribution >= 0.6 is 12.4 Å².